The lowest BCUT2D eigenvalue weighted by Gasteiger charge is -2.38. The second kappa shape index (κ2) is 10.3. The van der Waals surface area contributed by atoms with Crippen molar-refractivity contribution in [2.45, 2.75) is 18.9 Å². The molecule has 2 heterocycles. The van der Waals surface area contributed by atoms with Crippen LogP contribution in [0, 0.1) is 5.92 Å². The molecule has 5 heteroatoms. The molecule has 0 amide bonds. The van der Waals surface area contributed by atoms with E-state index >= 15 is 0 Å². The Morgan fingerprint density at radius 3 is 2.78 bits per heavy atom. The van der Waals surface area contributed by atoms with E-state index in [1.807, 2.05) is 36.4 Å². The molecule has 5 nitrogen and oxygen atoms in total. The van der Waals surface area contributed by atoms with Gasteiger partial charge in [-0.05, 0) is 47.7 Å². The Morgan fingerprint density at radius 1 is 0.972 bits per heavy atom. The molecule has 2 atom stereocenters. The van der Waals surface area contributed by atoms with Crippen molar-refractivity contribution in [2.75, 3.05) is 44.2 Å². The Labute approximate surface area is 213 Å². The molecule has 0 saturated carbocycles. The lowest BCUT2D eigenvalue weighted by atomic mass is 9.91. The number of pyridine rings is 1. The molecule has 0 radical (unpaired) electrons. The normalized spacial score (nSPS) is 20.4. The fraction of sp³-hybridized carbons (Fsp3) is 0.323. The van der Waals surface area contributed by atoms with Gasteiger partial charge >= 0.3 is 0 Å². The zero-order chi connectivity index (χ0) is 24.3. The lowest BCUT2D eigenvalue weighted by Crippen LogP contribution is -2.49. The number of aliphatic hydroxyl groups is 1. The highest BCUT2D eigenvalue weighted by molar-refractivity contribution is 5.78. The number of benzene rings is 2. The Hall–Kier alpha value is -3.41. The smallest absolute Gasteiger partial charge is 0.213 e. The van der Waals surface area contributed by atoms with E-state index in [9.17, 15) is 5.11 Å². The summed E-state index contributed by atoms with van der Waals surface area (Å²) in [7, 11) is 0. The molecular formula is C31H33N3O2. The molecule has 1 aliphatic heterocycles. The van der Waals surface area contributed by atoms with Crippen molar-refractivity contribution in [3.63, 3.8) is 0 Å². The van der Waals surface area contributed by atoms with Crippen LogP contribution in [-0.2, 0) is 6.42 Å². The molecular weight excluding hydrogens is 446 g/mol. The minimum Gasteiger partial charge on any atom is -0.475 e. The van der Waals surface area contributed by atoms with Crippen molar-refractivity contribution in [3.8, 4) is 5.88 Å². The third-order valence-electron chi connectivity index (χ3n) is 7.56. The van der Waals surface area contributed by atoms with E-state index < -0.39 is 6.10 Å². The number of β-amino-alcohol motifs (C(OH)–C–C–N with tert-alkyl or cyclic N) is 1. The minimum absolute atomic E-state index is 0.247. The minimum atomic E-state index is -0.547. The molecule has 2 aliphatic carbocycles. The highest BCUT2D eigenvalue weighted by Crippen LogP contribution is 2.35. The average molecular weight is 480 g/mol. The number of hydrogen-bond acceptors (Lipinski definition) is 5. The molecule has 184 valence electrons. The van der Waals surface area contributed by atoms with E-state index in [4.69, 9.17) is 4.74 Å². The quantitative estimate of drug-likeness (QED) is 0.547. The predicted octanol–water partition coefficient (Wildman–Crippen LogP) is 4.87. The van der Waals surface area contributed by atoms with Crippen molar-refractivity contribution < 1.29 is 9.84 Å². The van der Waals surface area contributed by atoms with Gasteiger partial charge in [0, 0.05) is 55.8 Å². The van der Waals surface area contributed by atoms with Gasteiger partial charge in [0.1, 0.15) is 12.7 Å². The third kappa shape index (κ3) is 4.95. The molecule has 1 fully saturated rings. The second-order valence-electron chi connectivity index (χ2n) is 9.97. The molecule has 2 aromatic carbocycles. The number of nitrogens with zero attached hydrogens (tertiary/aromatic N) is 3. The molecule has 6 rings (SSSR count). The number of aliphatic hydroxyl groups excluding tert-OH is 1. The number of rotatable bonds is 6. The summed E-state index contributed by atoms with van der Waals surface area (Å²) < 4.78 is 5.81. The third-order valence-corrected chi connectivity index (χ3v) is 7.56. The maximum atomic E-state index is 10.6. The zero-order valence-electron chi connectivity index (χ0n) is 20.6. The van der Waals surface area contributed by atoms with Gasteiger partial charge in [-0.15, -0.1) is 0 Å². The van der Waals surface area contributed by atoms with Crippen LogP contribution in [-0.4, -0.2) is 60.4 Å². The topological polar surface area (TPSA) is 48.8 Å². The standard InChI is InChI=1S/C31H33N3O2/c35-27(22-36-31-15-13-24-7-3-4-10-29(24)32-31)21-33-16-18-34(19-17-33)30-11-5-9-26-20-25-8-2-1-6-23(25)12-14-28(26)30/h1-11,13,15,20,23,27,35H,12,14,16-19,21-22H2. The number of aromatic nitrogens is 1. The van der Waals surface area contributed by atoms with Gasteiger partial charge in [0.15, 0.2) is 0 Å². The van der Waals surface area contributed by atoms with Crippen LogP contribution in [0.1, 0.15) is 17.5 Å². The monoisotopic (exact) mass is 479 g/mol. The molecule has 0 bridgehead atoms. The zero-order valence-corrected chi connectivity index (χ0v) is 20.6. The van der Waals surface area contributed by atoms with E-state index in [-0.39, 0.29) is 6.61 Å². The van der Waals surface area contributed by atoms with E-state index in [2.05, 4.69) is 63.4 Å². The number of allylic oxidation sites excluding steroid dienone is 5. The van der Waals surface area contributed by atoms with Crippen LogP contribution in [0.5, 0.6) is 5.88 Å². The van der Waals surface area contributed by atoms with Crippen LogP contribution in [0.2, 0.25) is 0 Å². The predicted molar refractivity (Wildman–Crippen MR) is 146 cm³/mol. The highest BCUT2D eigenvalue weighted by atomic mass is 16.5. The summed E-state index contributed by atoms with van der Waals surface area (Å²) in [6, 6.07) is 18.6. The molecule has 3 aromatic rings. The first-order chi connectivity index (χ1) is 17.7. The van der Waals surface area contributed by atoms with Crippen molar-refractivity contribution in [3.05, 3.63) is 95.6 Å². The first-order valence-electron chi connectivity index (χ1n) is 13.1. The fourth-order valence-corrected chi connectivity index (χ4v) is 5.62. The van der Waals surface area contributed by atoms with Gasteiger partial charge < -0.3 is 14.7 Å². The summed E-state index contributed by atoms with van der Waals surface area (Å²) in [6.07, 6.45) is 13.0. The number of fused-ring (bicyclic) bond motifs is 3. The SMILES string of the molecule is OC(COc1ccc2ccccc2n1)CN1CCN(c2cccc3c2CCC2C=CC=CC2=C3)CC1. The van der Waals surface area contributed by atoms with E-state index in [0.717, 1.165) is 49.9 Å². The van der Waals surface area contributed by atoms with Crippen molar-refractivity contribution in [2.24, 2.45) is 5.92 Å². The van der Waals surface area contributed by atoms with Crippen molar-refractivity contribution in [1.82, 2.24) is 9.88 Å². The molecule has 0 spiro atoms. The maximum absolute atomic E-state index is 10.6. The molecule has 36 heavy (non-hydrogen) atoms. The van der Waals surface area contributed by atoms with Crippen LogP contribution in [0.4, 0.5) is 5.69 Å². The summed E-state index contributed by atoms with van der Waals surface area (Å²) >= 11 is 0. The van der Waals surface area contributed by atoms with E-state index in [1.54, 1.807) is 0 Å². The lowest BCUT2D eigenvalue weighted by molar-refractivity contribution is 0.0648. The Morgan fingerprint density at radius 2 is 1.86 bits per heavy atom. The molecule has 1 saturated heterocycles. The molecule has 2 unspecified atom stereocenters. The van der Waals surface area contributed by atoms with E-state index in [1.165, 1.54) is 22.4 Å². The molecule has 1 N–H and O–H groups in total. The summed E-state index contributed by atoms with van der Waals surface area (Å²) in [6.45, 7) is 4.66. The summed E-state index contributed by atoms with van der Waals surface area (Å²) in [5, 5.41) is 11.7. The Bertz CT molecular complexity index is 1320. The van der Waals surface area contributed by atoms with Crippen LogP contribution in [0.3, 0.4) is 0 Å². The first kappa shape index (κ1) is 23.0. The van der Waals surface area contributed by atoms with Gasteiger partial charge in [-0.25, -0.2) is 4.98 Å². The number of ether oxygens (including phenoxy) is 1. The highest BCUT2D eigenvalue weighted by Gasteiger charge is 2.24. The van der Waals surface area contributed by atoms with Gasteiger partial charge in [0.05, 0.1) is 5.52 Å². The first-order valence-corrected chi connectivity index (χ1v) is 13.1. The Balaban J connectivity index is 1.04. The van der Waals surface area contributed by atoms with Gasteiger partial charge in [-0.2, -0.15) is 0 Å². The largest absolute Gasteiger partial charge is 0.475 e. The number of anilines is 1. The van der Waals surface area contributed by atoms with Gasteiger partial charge in [0.2, 0.25) is 5.88 Å². The number of para-hydroxylation sites is 1. The van der Waals surface area contributed by atoms with Crippen molar-refractivity contribution in [1.29, 1.82) is 0 Å². The fourth-order valence-electron chi connectivity index (χ4n) is 5.62. The number of hydrogen-bond donors (Lipinski definition) is 1. The maximum Gasteiger partial charge on any atom is 0.213 e. The summed E-state index contributed by atoms with van der Waals surface area (Å²) in [5.41, 5.74) is 6.55. The Kier molecular flexibility index (Phi) is 6.58. The molecule has 1 aromatic heterocycles. The van der Waals surface area contributed by atoms with Crippen LogP contribution in [0.25, 0.3) is 17.0 Å². The van der Waals surface area contributed by atoms with E-state index in [0.29, 0.717) is 18.3 Å². The molecule has 3 aliphatic rings. The second-order valence-corrected chi connectivity index (χ2v) is 9.97. The van der Waals surface area contributed by atoms with Gasteiger partial charge in [-0.3, -0.25) is 4.90 Å². The summed E-state index contributed by atoms with van der Waals surface area (Å²) in [5.74, 6) is 1.09. The average Bonchev–Trinajstić information content (AvgIpc) is 3.12. The number of piperazine rings is 1. The van der Waals surface area contributed by atoms with Crippen LogP contribution in [0.15, 0.2) is 84.5 Å². The van der Waals surface area contributed by atoms with Crippen LogP contribution >= 0.6 is 0 Å². The summed E-state index contributed by atoms with van der Waals surface area (Å²) in [4.78, 5) is 9.40. The van der Waals surface area contributed by atoms with Crippen LogP contribution < -0.4 is 9.64 Å². The van der Waals surface area contributed by atoms with Gasteiger partial charge in [-0.1, -0.05) is 60.7 Å². The van der Waals surface area contributed by atoms with Gasteiger partial charge in [0.25, 0.3) is 0 Å². The van der Waals surface area contributed by atoms with Crippen molar-refractivity contribution >= 4 is 22.7 Å².